The summed E-state index contributed by atoms with van der Waals surface area (Å²) in [6.45, 7) is 9.06. The third-order valence-electron chi connectivity index (χ3n) is 4.86. The summed E-state index contributed by atoms with van der Waals surface area (Å²) in [7, 11) is 0. The van der Waals surface area contributed by atoms with Crippen LogP contribution in [0.15, 0.2) is 33.2 Å². The number of amides is 2. The highest BCUT2D eigenvalue weighted by Crippen LogP contribution is 2.30. The van der Waals surface area contributed by atoms with E-state index in [9.17, 15) is 14.7 Å². The van der Waals surface area contributed by atoms with Gasteiger partial charge in [0.2, 0.25) is 5.91 Å². The molecule has 1 heterocycles. The van der Waals surface area contributed by atoms with E-state index in [4.69, 9.17) is 5.73 Å². The maximum Gasteiger partial charge on any atom is 0.407 e. The van der Waals surface area contributed by atoms with Gasteiger partial charge in [-0.25, -0.2) is 9.79 Å². The van der Waals surface area contributed by atoms with Crippen molar-refractivity contribution in [2.24, 2.45) is 10.7 Å². The molecule has 0 unspecified atom stereocenters. The van der Waals surface area contributed by atoms with E-state index in [0.717, 1.165) is 22.1 Å². The third-order valence-corrected chi connectivity index (χ3v) is 5.36. The van der Waals surface area contributed by atoms with E-state index in [2.05, 4.69) is 20.9 Å². The number of nitrogens with zero attached hydrogens (tertiary/aromatic N) is 3. The van der Waals surface area contributed by atoms with Gasteiger partial charge in [-0.05, 0) is 51.8 Å². The van der Waals surface area contributed by atoms with Gasteiger partial charge < -0.3 is 20.6 Å². The predicted octanol–water partition coefficient (Wildman–Crippen LogP) is 4.63. The smallest absolute Gasteiger partial charge is 0.407 e. The number of hydrogen-bond donors (Lipinski definition) is 2. The summed E-state index contributed by atoms with van der Waals surface area (Å²) in [5.74, 6) is 0.316. The number of carboxylic acid groups (broad SMARTS) is 1. The molecule has 7 nitrogen and oxygen atoms in total. The number of amidine groups is 1. The lowest BCUT2D eigenvalue weighted by atomic mass is 10.1. The third kappa shape index (κ3) is 6.32. The fourth-order valence-corrected chi connectivity index (χ4v) is 3.78. The Balaban J connectivity index is 2.17. The second-order valence-electron chi connectivity index (χ2n) is 8.40. The van der Waals surface area contributed by atoms with Crippen molar-refractivity contribution in [3.63, 3.8) is 0 Å². The Labute approximate surface area is 186 Å². The van der Waals surface area contributed by atoms with Crippen molar-refractivity contribution in [2.45, 2.75) is 52.5 Å². The molecular weight excluding hydrogens is 448 g/mol. The quantitative estimate of drug-likeness (QED) is 0.596. The minimum absolute atomic E-state index is 0.0802. The topological polar surface area (TPSA) is 99.2 Å². The lowest BCUT2D eigenvalue weighted by Crippen LogP contribution is -2.46. The van der Waals surface area contributed by atoms with Crippen molar-refractivity contribution in [2.75, 3.05) is 19.6 Å². The number of nitrogens with two attached hydrogens (primary N) is 1. The van der Waals surface area contributed by atoms with E-state index in [1.807, 2.05) is 52.0 Å². The minimum atomic E-state index is -0.950. The lowest BCUT2D eigenvalue weighted by Gasteiger charge is -2.34. The fraction of sp³-hybridized carbons (Fsp3) is 0.500. The second kappa shape index (κ2) is 10.1. The highest BCUT2D eigenvalue weighted by atomic mass is 79.9. The van der Waals surface area contributed by atoms with Gasteiger partial charge in [0.15, 0.2) is 0 Å². The average molecular weight is 479 g/mol. The van der Waals surface area contributed by atoms with Crippen molar-refractivity contribution in [3.8, 4) is 0 Å². The Morgan fingerprint density at radius 3 is 2.53 bits per heavy atom. The van der Waals surface area contributed by atoms with E-state index in [0.29, 0.717) is 37.5 Å². The lowest BCUT2D eigenvalue weighted by molar-refractivity contribution is -0.127. The van der Waals surface area contributed by atoms with Crippen LogP contribution < -0.4 is 5.73 Å². The zero-order valence-electron chi connectivity index (χ0n) is 18.1. The Bertz CT molecular complexity index is 858. The van der Waals surface area contributed by atoms with Crippen LogP contribution in [0.3, 0.4) is 0 Å². The van der Waals surface area contributed by atoms with Crippen LogP contribution in [-0.4, -0.2) is 57.9 Å². The Hall–Kier alpha value is -2.35. The molecule has 1 aromatic rings. The molecule has 2 rings (SSSR count). The van der Waals surface area contributed by atoms with Crippen LogP contribution in [0.5, 0.6) is 0 Å². The van der Waals surface area contributed by atoms with E-state index in [1.54, 1.807) is 4.90 Å². The molecule has 0 spiro atoms. The number of carbonyl (C=O) groups is 2. The molecule has 164 valence electrons. The normalized spacial score (nSPS) is 13.6. The van der Waals surface area contributed by atoms with Crippen LogP contribution in [0.1, 0.15) is 52.5 Å². The van der Waals surface area contributed by atoms with Gasteiger partial charge in [0.1, 0.15) is 5.84 Å². The molecule has 1 aliphatic heterocycles. The molecule has 0 saturated heterocycles. The molecular formula is C22H31BrN4O3. The molecule has 0 radical (unpaired) electrons. The molecule has 0 aliphatic carbocycles. The van der Waals surface area contributed by atoms with E-state index < -0.39 is 11.6 Å². The van der Waals surface area contributed by atoms with E-state index in [-0.39, 0.29) is 12.3 Å². The summed E-state index contributed by atoms with van der Waals surface area (Å²) < 4.78 is 0.899. The summed E-state index contributed by atoms with van der Waals surface area (Å²) in [5.41, 5.74) is 7.76. The zero-order chi connectivity index (χ0) is 22.5. The standard InChI is InChI=1S/C22H31BrN4O3/c1-5-9-26(10-6-11-27(21(29)30)22(2,3)4)20(28)16-12-15-7-8-17(23)14-18(15)25-19(24)13-16/h7-8,12,14H,5-6,9-11,13H2,1-4H3,(H2,24,25)(H,29,30). The number of hydrogen-bond acceptors (Lipinski definition) is 4. The summed E-state index contributed by atoms with van der Waals surface area (Å²) in [6.07, 6.45) is 2.57. The Kier molecular flexibility index (Phi) is 8.06. The first kappa shape index (κ1) is 23.9. The van der Waals surface area contributed by atoms with Gasteiger partial charge in [0.05, 0.1) is 5.69 Å². The Morgan fingerprint density at radius 1 is 1.23 bits per heavy atom. The van der Waals surface area contributed by atoms with Crippen LogP contribution in [0.4, 0.5) is 10.5 Å². The molecule has 0 aromatic heterocycles. The number of fused-ring (bicyclic) bond motifs is 1. The maximum atomic E-state index is 13.3. The van der Waals surface area contributed by atoms with Crippen LogP contribution in [0, 0.1) is 0 Å². The summed E-state index contributed by atoms with van der Waals surface area (Å²) in [5, 5.41) is 9.47. The first-order chi connectivity index (χ1) is 14.0. The zero-order valence-corrected chi connectivity index (χ0v) is 19.7. The fourth-order valence-electron chi connectivity index (χ4n) is 3.43. The summed E-state index contributed by atoms with van der Waals surface area (Å²) in [6, 6.07) is 5.70. The number of aliphatic imine (C=N–C) groups is 1. The summed E-state index contributed by atoms with van der Waals surface area (Å²) in [4.78, 5) is 32.5. The van der Waals surface area contributed by atoms with Crippen LogP contribution in [-0.2, 0) is 4.79 Å². The van der Waals surface area contributed by atoms with Crippen molar-refractivity contribution in [1.29, 1.82) is 0 Å². The van der Waals surface area contributed by atoms with Gasteiger partial charge in [0, 0.05) is 47.2 Å². The molecule has 0 atom stereocenters. The first-order valence-electron chi connectivity index (χ1n) is 10.2. The monoisotopic (exact) mass is 478 g/mol. The van der Waals surface area contributed by atoms with Crippen molar-refractivity contribution < 1.29 is 14.7 Å². The molecule has 8 heteroatoms. The molecule has 1 aromatic carbocycles. The molecule has 3 N–H and O–H groups in total. The molecule has 0 saturated carbocycles. The maximum absolute atomic E-state index is 13.3. The largest absolute Gasteiger partial charge is 0.465 e. The second-order valence-corrected chi connectivity index (χ2v) is 9.32. The number of benzene rings is 1. The van der Waals surface area contributed by atoms with Gasteiger partial charge in [-0.2, -0.15) is 0 Å². The van der Waals surface area contributed by atoms with E-state index >= 15 is 0 Å². The van der Waals surface area contributed by atoms with Crippen molar-refractivity contribution in [1.82, 2.24) is 9.80 Å². The van der Waals surface area contributed by atoms with Gasteiger partial charge in [0.25, 0.3) is 0 Å². The van der Waals surface area contributed by atoms with Crippen molar-refractivity contribution in [3.05, 3.63) is 33.8 Å². The molecule has 1 aliphatic rings. The SMILES string of the molecule is CCCN(CCCN(C(=O)O)C(C)(C)C)C(=O)C1=Cc2ccc(Br)cc2N=C(N)C1. The number of carbonyl (C=O) groups excluding carboxylic acids is 1. The molecule has 30 heavy (non-hydrogen) atoms. The van der Waals surface area contributed by atoms with Gasteiger partial charge in [-0.15, -0.1) is 0 Å². The molecule has 0 fully saturated rings. The highest BCUT2D eigenvalue weighted by Gasteiger charge is 2.26. The molecule has 0 bridgehead atoms. The first-order valence-corrected chi connectivity index (χ1v) is 10.9. The Morgan fingerprint density at radius 2 is 1.93 bits per heavy atom. The van der Waals surface area contributed by atoms with Gasteiger partial charge in [-0.3, -0.25) is 4.79 Å². The van der Waals surface area contributed by atoms with Gasteiger partial charge >= 0.3 is 6.09 Å². The van der Waals surface area contributed by atoms with Crippen LogP contribution in [0.2, 0.25) is 0 Å². The average Bonchev–Trinajstić information content (AvgIpc) is 2.79. The predicted molar refractivity (Wildman–Crippen MR) is 124 cm³/mol. The number of halogens is 1. The van der Waals surface area contributed by atoms with Crippen molar-refractivity contribution >= 4 is 45.5 Å². The van der Waals surface area contributed by atoms with E-state index in [1.165, 1.54) is 4.90 Å². The number of rotatable bonds is 7. The highest BCUT2D eigenvalue weighted by molar-refractivity contribution is 9.10. The van der Waals surface area contributed by atoms with Crippen LogP contribution in [0.25, 0.3) is 6.08 Å². The molecule has 2 amide bonds. The summed E-state index contributed by atoms with van der Waals surface area (Å²) >= 11 is 3.44. The van der Waals surface area contributed by atoms with Gasteiger partial charge in [-0.1, -0.05) is 28.9 Å². The van der Waals surface area contributed by atoms with Crippen LogP contribution >= 0.6 is 15.9 Å². The minimum Gasteiger partial charge on any atom is -0.465 e.